The summed E-state index contributed by atoms with van der Waals surface area (Å²) in [7, 11) is 0. The van der Waals surface area contributed by atoms with Crippen LogP contribution in [0.1, 0.15) is 38.4 Å². The maximum absolute atomic E-state index is 4.38. The molecule has 1 aromatic rings. The molecule has 1 aliphatic heterocycles. The largest absolute Gasteiger partial charge is 0.330 e. The van der Waals surface area contributed by atoms with Gasteiger partial charge in [0.25, 0.3) is 0 Å². The third kappa shape index (κ3) is 2.68. The zero-order valence-electron chi connectivity index (χ0n) is 11.1. The lowest BCUT2D eigenvalue weighted by atomic mass is 9.78. The highest BCUT2D eigenvalue weighted by atomic mass is 32.2. The predicted molar refractivity (Wildman–Crippen MR) is 74.8 cm³/mol. The van der Waals surface area contributed by atoms with E-state index in [2.05, 4.69) is 41.2 Å². The van der Waals surface area contributed by atoms with Crippen LogP contribution < -0.4 is 5.32 Å². The van der Waals surface area contributed by atoms with Gasteiger partial charge in [0.1, 0.15) is 0 Å². The molecule has 3 nitrogen and oxygen atoms in total. The fraction of sp³-hybridized carbons (Fsp3) is 0.769. The summed E-state index contributed by atoms with van der Waals surface area (Å²) in [5.41, 5.74) is 1.72. The summed E-state index contributed by atoms with van der Waals surface area (Å²) < 4.78 is 2.38. The lowest BCUT2D eigenvalue weighted by Crippen LogP contribution is -2.39. The smallest absolute Gasteiger partial charge is 0.0951 e. The van der Waals surface area contributed by atoms with Gasteiger partial charge >= 0.3 is 0 Å². The van der Waals surface area contributed by atoms with Gasteiger partial charge in [0.2, 0.25) is 0 Å². The minimum atomic E-state index is 0.300. The van der Waals surface area contributed by atoms with Gasteiger partial charge < -0.3 is 9.88 Å². The first-order valence-corrected chi connectivity index (χ1v) is 7.79. The third-order valence-electron chi connectivity index (χ3n) is 3.87. The van der Waals surface area contributed by atoms with E-state index in [9.17, 15) is 0 Å². The molecular weight excluding hydrogens is 230 g/mol. The molecule has 1 saturated heterocycles. The Morgan fingerprint density at radius 1 is 1.53 bits per heavy atom. The molecule has 1 atom stereocenters. The van der Waals surface area contributed by atoms with Crippen molar-refractivity contribution in [1.29, 1.82) is 0 Å². The lowest BCUT2D eigenvalue weighted by molar-refractivity contribution is 0.312. The molecule has 0 radical (unpaired) electrons. The first-order valence-electron chi connectivity index (χ1n) is 6.39. The molecule has 1 N–H and O–H groups in total. The normalized spacial score (nSPS) is 21.4. The fourth-order valence-corrected chi connectivity index (χ4v) is 3.32. The van der Waals surface area contributed by atoms with Crippen molar-refractivity contribution < 1.29 is 0 Å². The molecule has 0 bridgehead atoms. The van der Waals surface area contributed by atoms with Gasteiger partial charge in [-0.15, -0.1) is 0 Å². The van der Waals surface area contributed by atoms with Crippen LogP contribution in [0.5, 0.6) is 0 Å². The Balaban J connectivity index is 2.23. The summed E-state index contributed by atoms with van der Waals surface area (Å²) in [6, 6.07) is 0.536. The second kappa shape index (κ2) is 5.44. The van der Waals surface area contributed by atoms with Crippen molar-refractivity contribution in [3.63, 3.8) is 0 Å². The maximum atomic E-state index is 4.38. The first kappa shape index (κ1) is 13.0. The molecule has 1 unspecified atom stereocenters. The van der Waals surface area contributed by atoms with Crippen molar-refractivity contribution in [3.05, 3.63) is 18.2 Å². The van der Waals surface area contributed by atoms with Crippen LogP contribution in [-0.2, 0) is 5.41 Å². The van der Waals surface area contributed by atoms with Gasteiger partial charge in [-0.25, -0.2) is 4.98 Å². The van der Waals surface area contributed by atoms with Gasteiger partial charge in [-0.05, 0) is 39.1 Å². The van der Waals surface area contributed by atoms with E-state index in [1.54, 1.807) is 0 Å². The standard InChI is InChI=1S/C13H23N3S/c1-11(9-17-3)16-10-15-8-12(16)13(2)4-6-14-7-5-13/h8,10-11,14H,4-7,9H2,1-3H3. The molecule has 1 fully saturated rings. The molecule has 0 aromatic carbocycles. The van der Waals surface area contributed by atoms with Crippen LogP contribution >= 0.6 is 11.8 Å². The monoisotopic (exact) mass is 253 g/mol. The van der Waals surface area contributed by atoms with Crippen LogP contribution in [-0.4, -0.2) is 34.6 Å². The van der Waals surface area contributed by atoms with E-state index in [1.165, 1.54) is 18.5 Å². The zero-order chi connectivity index (χ0) is 12.3. The first-order chi connectivity index (χ1) is 8.17. The van der Waals surface area contributed by atoms with E-state index in [0.717, 1.165) is 18.8 Å². The summed E-state index contributed by atoms with van der Waals surface area (Å²) in [6.45, 7) is 6.91. The highest BCUT2D eigenvalue weighted by Gasteiger charge is 2.32. The van der Waals surface area contributed by atoms with Crippen molar-refractivity contribution in [3.8, 4) is 0 Å². The average Bonchev–Trinajstić information content (AvgIpc) is 2.80. The molecule has 0 amide bonds. The van der Waals surface area contributed by atoms with Gasteiger partial charge in [0.15, 0.2) is 0 Å². The summed E-state index contributed by atoms with van der Waals surface area (Å²) in [6.07, 6.45) is 8.67. The Bertz CT molecular complexity index is 355. The van der Waals surface area contributed by atoms with Gasteiger partial charge in [-0.3, -0.25) is 0 Å². The quantitative estimate of drug-likeness (QED) is 0.894. The van der Waals surface area contributed by atoms with Crippen LogP contribution in [0.25, 0.3) is 0 Å². The highest BCUT2D eigenvalue weighted by molar-refractivity contribution is 7.98. The number of nitrogens with one attached hydrogen (secondary N) is 1. The van der Waals surface area contributed by atoms with Gasteiger partial charge in [-0.1, -0.05) is 6.92 Å². The summed E-state index contributed by atoms with van der Waals surface area (Å²) in [4.78, 5) is 4.38. The van der Waals surface area contributed by atoms with Crippen molar-refractivity contribution in [2.45, 2.75) is 38.1 Å². The Morgan fingerprint density at radius 3 is 2.88 bits per heavy atom. The number of rotatable bonds is 4. The number of imidazole rings is 1. The number of thioether (sulfide) groups is 1. The van der Waals surface area contributed by atoms with E-state index < -0.39 is 0 Å². The lowest BCUT2D eigenvalue weighted by Gasteiger charge is -2.35. The fourth-order valence-electron chi connectivity index (χ4n) is 2.68. The highest BCUT2D eigenvalue weighted by Crippen LogP contribution is 2.34. The van der Waals surface area contributed by atoms with Crippen molar-refractivity contribution in [2.75, 3.05) is 25.1 Å². The topological polar surface area (TPSA) is 29.9 Å². The average molecular weight is 253 g/mol. The molecular formula is C13H23N3S. The van der Waals surface area contributed by atoms with Crippen molar-refractivity contribution >= 4 is 11.8 Å². The second-order valence-electron chi connectivity index (χ2n) is 5.30. The van der Waals surface area contributed by atoms with E-state index >= 15 is 0 Å². The Morgan fingerprint density at radius 2 is 2.24 bits per heavy atom. The van der Waals surface area contributed by atoms with Gasteiger partial charge in [0, 0.05) is 29.1 Å². The van der Waals surface area contributed by atoms with E-state index in [4.69, 9.17) is 0 Å². The Hall–Kier alpha value is -0.480. The molecule has 96 valence electrons. The predicted octanol–water partition coefficient (Wildman–Crippen LogP) is 2.45. The molecule has 1 aliphatic rings. The van der Waals surface area contributed by atoms with E-state index in [0.29, 0.717) is 11.5 Å². The minimum Gasteiger partial charge on any atom is -0.330 e. The van der Waals surface area contributed by atoms with Crippen LogP contribution in [0.15, 0.2) is 12.5 Å². The molecule has 2 heterocycles. The third-order valence-corrected chi connectivity index (χ3v) is 4.69. The zero-order valence-corrected chi connectivity index (χ0v) is 11.9. The molecule has 0 saturated carbocycles. The number of aromatic nitrogens is 2. The van der Waals surface area contributed by atoms with Crippen LogP contribution in [0, 0.1) is 0 Å². The number of nitrogens with zero attached hydrogens (tertiary/aromatic N) is 2. The second-order valence-corrected chi connectivity index (χ2v) is 6.21. The molecule has 0 aliphatic carbocycles. The maximum Gasteiger partial charge on any atom is 0.0951 e. The van der Waals surface area contributed by atoms with Crippen molar-refractivity contribution in [2.24, 2.45) is 0 Å². The van der Waals surface area contributed by atoms with Crippen LogP contribution in [0.3, 0.4) is 0 Å². The summed E-state index contributed by atoms with van der Waals surface area (Å²) in [5, 5.41) is 3.44. The molecule has 2 rings (SSSR count). The van der Waals surface area contributed by atoms with E-state index in [-0.39, 0.29) is 0 Å². The molecule has 17 heavy (non-hydrogen) atoms. The number of hydrogen-bond donors (Lipinski definition) is 1. The Labute approximate surface area is 108 Å². The molecule has 4 heteroatoms. The SMILES string of the molecule is CSCC(C)n1cncc1C1(C)CCNCC1. The van der Waals surface area contributed by atoms with Gasteiger partial charge in [-0.2, -0.15) is 11.8 Å². The summed E-state index contributed by atoms with van der Waals surface area (Å²) >= 11 is 1.90. The molecule has 0 spiro atoms. The van der Waals surface area contributed by atoms with Gasteiger partial charge in [0.05, 0.1) is 6.33 Å². The Kier molecular flexibility index (Phi) is 4.15. The van der Waals surface area contributed by atoms with Crippen molar-refractivity contribution in [1.82, 2.24) is 14.9 Å². The van der Waals surface area contributed by atoms with E-state index in [1.807, 2.05) is 18.1 Å². The number of hydrogen-bond acceptors (Lipinski definition) is 3. The van der Waals surface area contributed by atoms with Crippen LogP contribution in [0.4, 0.5) is 0 Å². The minimum absolute atomic E-state index is 0.300. The van der Waals surface area contributed by atoms with Crippen LogP contribution in [0.2, 0.25) is 0 Å². The molecule has 1 aromatic heterocycles. The number of piperidine rings is 1. The summed E-state index contributed by atoms with van der Waals surface area (Å²) in [5.74, 6) is 1.15.